The number of aryl methyl sites for hydroxylation is 1. The zero-order valence-corrected chi connectivity index (χ0v) is 13.4. The summed E-state index contributed by atoms with van der Waals surface area (Å²) in [5.41, 5.74) is 5.31. The van der Waals surface area contributed by atoms with Crippen molar-refractivity contribution in [2.45, 2.75) is 33.2 Å². The van der Waals surface area contributed by atoms with E-state index in [1.54, 1.807) is 0 Å². The first-order chi connectivity index (χ1) is 9.82. The average Bonchev–Trinajstić information content (AvgIpc) is 2.45. The van der Waals surface area contributed by atoms with Crippen LogP contribution in [0.25, 0.3) is 0 Å². The van der Waals surface area contributed by atoms with Gasteiger partial charge in [0.25, 0.3) is 5.91 Å². The molecule has 0 aliphatic carbocycles. The van der Waals surface area contributed by atoms with E-state index in [0.29, 0.717) is 0 Å². The minimum atomic E-state index is 0.115. The van der Waals surface area contributed by atoms with Gasteiger partial charge in [-0.2, -0.15) is 0 Å². The number of nitrogens with one attached hydrogen (secondary N) is 1. The SMILES string of the molecule is Cc1cc(NN)ccc1C(=O)N1CCN(C(C)(C)C)CC1. The highest BCUT2D eigenvalue weighted by molar-refractivity contribution is 5.96. The van der Waals surface area contributed by atoms with E-state index in [2.05, 4.69) is 31.1 Å². The normalized spacial score (nSPS) is 16.9. The van der Waals surface area contributed by atoms with Crippen LogP contribution in [0.2, 0.25) is 0 Å². The highest BCUT2D eigenvalue weighted by Crippen LogP contribution is 2.20. The number of benzene rings is 1. The van der Waals surface area contributed by atoms with Crippen LogP contribution in [0, 0.1) is 6.92 Å². The lowest BCUT2D eigenvalue weighted by atomic mass is 10.0. The molecule has 5 heteroatoms. The summed E-state index contributed by atoms with van der Waals surface area (Å²) in [6.07, 6.45) is 0. The summed E-state index contributed by atoms with van der Waals surface area (Å²) < 4.78 is 0. The van der Waals surface area contributed by atoms with E-state index >= 15 is 0 Å². The molecule has 1 aromatic rings. The van der Waals surface area contributed by atoms with Crippen LogP contribution in [-0.4, -0.2) is 47.4 Å². The molecular formula is C16H26N4O. The van der Waals surface area contributed by atoms with Gasteiger partial charge in [-0.3, -0.25) is 15.5 Å². The fourth-order valence-electron chi connectivity index (χ4n) is 2.74. The van der Waals surface area contributed by atoms with Gasteiger partial charge in [0.05, 0.1) is 0 Å². The third-order valence-corrected chi connectivity index (χ3v) is 4.14. The van der Waals surface area contributed by atoms with E-state index in [0.717, 1.165) is 43.0 Å². The maximum Gasteiger partial charge on any atom is 0.254 e. The molecule has 2 rings (SSSR count). The zero-order chi connectivity index (χ0) is 15.6. The van der Waals surface area contributed by atoms with E-state index in [-0.39, 0.29) is 11.4 Å². The van der Waals surface area contributed by atoms with E-state index in [9.17, 15) is 4.79 Å². The first-order valence-corrected chi connectivity index (χ1v) is 7.44. The van der Waals surface area contributed by atoms with Crippen LogP contribution in [0.4, 0.5) is 5.69 Å². The number of rotatable bonds is 2. The van der Waals surface area contributed by atoms with Crippen LogP contribution in [0.15, 0.2) is 18.2 Å². The van der Waals surface area contributed by atoms with E-state index in [1.165, 1.54) is 0 Å². The Morgan fingerprint density at radius 1 is 1.19 bits per heavy atom. The lowest BCUT2D eigenvalue weighted by Gasteiger charge is -2.42. The second-order valence-corrected chi connectivity index (χ2v) is 6.62. The van der Waals surface area contributed by atoms with Crippen LogP contribution in [0.3, 0.4) is 0 Å². The fourth-order valence-corrected chi connectivity index (χ4v) is 2.74. The van der Waals surface area contributed by atoms with Crippen LogP contribution < -0.4 is 11.3 Å². The molecule has 0 bridgehead atoms. The monoisotopic (exact) mass is 290 g/mol. The van der Waals surface area contributed by atoms with Crippen LogP contribution in [0.5, 0.6) is 0 Å². The van der Waals surface area contributed by atoms with E-state index in [4.69, 9.17) is 5.84 Å². The molecule has 1 heterocycles. The van der Waals surface area contributed by atoms with Crippen molar-refractivity contribution in [3.05, 3.63) is 29.3 Å². The molecule has 1 fully saturated rings. The average molecular weight is 290 g/mol. The highest BCUT2D eigenvalue weighted by Gasteiger charge is 2.28. The lowest BCUT2D eigenvalue weighted by molar-refractivity contribution is 0.0450. The van der Waals surface area contributed by atoms with Gasteiger partial charge in [-0.25, -0.2) is 0 Å². The van der Waals surface area contributed by atoms with Gasteiger partial charge in [-0.1, -0.05) is 0 Å². The highest BCUT2D eigenvalue weighted by atomic mass is 16.2. The smallest absolute Gasteiger partial charge is 0.254 e. The molecule has 1 saturated heterocycles. The summed E-state index contributed by atoms with van der Waals surface area (Å²) in [6.45, 7) is 12.0. The predicted octanol–water partition coefficient (Wildman–Crippen LogP) is 1.84. The number of anilines is 1. The van der Waals surface area contributed by atoms with Crippen molar-refractivity contribution in [2.75, 3.05) is 31.6 Å². The number of carbonyl (C=O) groups is 1. The molecule has 0 radical (unpaired) electrons. The number of hydrazine groups is 1. The Balaban J connectivity index is 2.05. The van der Waals surface area contributed by atoms with Crippen molar-refractivity contribution < 1.29 is 4.79 Å². The number of piperazine rings is 1. The molecule has 1 aliphatic heterocycles. The van der Waals surface area contributed by atoms with Crippen molar-refractivity contribution in [2.24, 2.45) is 5.84 Å². The Morgan fingerprint density at radius 2 is 1.81 bits per heavy atom. The Morgan fingerprint density at radius 3 is 2.29 bits per heavy atom. The molecule has 1 amide bonds. The summed E-state index contributed by atoms with van der Waals surface area (Å²) in [5.74, 6) is 5.51. The first-order valence-electron chi connectivity index (χ1n) is 7.44. The largest absolute Gasteiger partial charge is 0.336 e. The van der Waals surface area contributed by atoms with Crippen molar-refractivity contribution in [3.8, 4) is 0 Å². The van der Waals surface area contributed by atoms with E-state index < -0.39 is 0 Å². The third kappa shape index (κ3) is 3.54. The molecule has 3 N–H and O–H groups in total. The minimum Gasteiger partial charge on any atom is -0.336 e. The second-order valence-electron chi connectivity index (χ2n) is 6.62. The van der Waals surface area contributed by atoms with Gasteiger partial charge < -0.3 is 10.3 Å². The Labute approximate surface area is 127 Å². The Bertz CT molecular complexity index is 513. The number of amides is 1. The molecule has 0 atom stereocenters. The fraction of sp³-hybridized carbons (Fsp3) is 0.562. The summed E-state index contributed by atoms with van der Waals surface area (Å²) in [5, 5.41) is 0. The van der Waals surface area contributed by atoms with E-state index in [1.807, 2.05) is 30.0 Å². The van der Waals surface area contributed by atoms with Crippen LogP contribution in [-0.2, 0) is 0 Å². The van der Waals surface area contributed by atoms with Gasteiger partial charge in [0.15, 0.2) is 0 Å². The van der Waals surface area contributed by atoms with Crippen LogP contribution in [0.1, 0.15) is 36.7 Å². The number of nitrogens with two attached hydrogens (primary N) is 1. The summed E-state index contributed by atoms with van der Waals surface area (Å²) >= 11 is 0. The quantitative estimate of drug-likeness (QED) is 0.644. The predicted molar refractivity (Wildman–Crippen MR) is 86.2 cm³/mol. The summed E-state index contributed by atoms with van der Waals surface area (Å²) in [6, 6.07) is 5.59. The molecule has 0 saturated carbocycles. The second kappa shape index (κ2) is 6.03. The van der Waals surface area contributed by atoms with Gasteiger partial charge in [0, 0.05) is 43.0 Å². The van der Waals surface area contributed by atoms with Crippen molar-refractivity contribution >= 4 is 11.6 Å². The van der Waals surface area contributed by atoms with Gasteiger partial charge in [-0.15, -0.1) is 0 Å². The molecular weight excluding hydrogens is 264 g/mol. The van der Waals surface area contributed by atoms with Gasteiger partial charge in [0.2, 0.25) is 0 Å². The van der Waals surface area contributed by atoms with Crippen molar-refractivity contribution in [1.29, 1.82) is 0 Å². The molecule has 116 valence electrons. The Hall–Kier alpha value is -1.59. The number of hydrogen-bond donors (Lipinski definition) is 2. The molecule has 21 heavy (non-hydrogen) atoms. The molecule has 0 spiro atoms. The lowest BCUT2D eigenvalue weighted by Crippen LogP contribution is -2.54. The number of carbonyl (C=O) groups excluding carboxylic acids is 1. The van der Waals surface area contributed by atoms with Crippen LogP contribution >= 0.6 is 0 Å². The van der Waals surface area contributed by atoms with Crippen molar-refractivity contribution in [3.63, 3.8) is 0 Å². The zero-order valence-electron chi connectivity index (χ0n) is 13.4. The first kappa shape index (κ1) is 15.8. The standard InChI is InChI=1S/C16H26N4O/c1-12-11-13(18-17)5-6-14(12)15(21)19-7-9-20(10-8-19)16(2,3)4/h5-6,11,18H,7-10,17H2,1-4H3. The van der Waals surface area contributed by atoms with Crippen molar-refractivity contribution in [1.82, 2.24) is 9.80 Å². The van der Waals surface area contributed by atoms with Gasteiger partial charge in [-0.05, 0) is 51.5 Å². The third-order valence-electron chi connectivity index (χ3n) is 4.14. The Kier molecular flexibility index (Phi) is 4.54. The topological polar surface area (TPSA) is 61.6 Å². The van der Waals surface area contributed by atoms with Gasteiger partial charge >= 0.3 is 0 Å². The minimum absolute atomic E-state index is 0.115. The summed E-state index contributed by atoms with van der Waals surface area (Å²) in [7, 11) is 0. The molecule has 1 aromatic carbocycles. The maximum absolute atomic E-state index is 12.6. The molecule has 1 aliphatic rings. The number of nitrogens with zero attached hydrogens (tertiary/aromatic N) is 2. The number of nitrogen functional groups attached to an aromatic ring is 1. The summed E-state index contributed by atoms with van der Waals surface area (Å²) in [4.78, 5) is 17.0. The molecule has 0 unspecified atom stereocenters. The number of hydrogen-bond acceptors (Lipinski definition) is 4. The molecule has 0 aromatic heterocycles. The maximum atomic E-state index is 12.6. The van der Waals surface area contributed by atoms with Gasteiger partial charge in [0.1, 0.15) is 0 Å². The molecule has 5 nitrogen and oxygen atoms in total.